The first-order chi connectivity index (χ1) is 7.89. The Morgan fingerprint density at radius 1 is 1.29 bits per heavy atom. The van der Waals surface area contributed by atoms with Crippen molar-refractivity contribution in [3.05, 3.63) is 26.6 Å². The first-order valence-corrected chi connectivity index (χ1v) is 6.86. The molecule has 0 amide bonds. The first kappa shape index (κ1) is 15.0. The molecule has 0 atom stereocenters. The van der Waals surface area contributed by atoms with E-state index in [1.165, 1.54) is 0 Å². The van der Waals surface area contributed by atoms with Crippen LogP contribution in [0.15, 0.2) is 21.1 Å². The molecule has 0 aliphatic rings. The number of ether oxygens (including phenoxy) is 1. The van der Waals surface area contributed by atoms with Gasteiger partial charge < -0.3 is 15.2 Å². The normalized spacial score (nSPS) is 11.6. The van der Waals surface area contributed by atoms with Crippen LogP contribution in [0.5, 0.6) is 5.75 Å². The van der Waals surface area contributed by atoms with Gasteiger partial charge in [0.1, 0.15) is 5.75 Å². The van der Waals surface area contributed by atoms with Gasteiger partial charge in [0.05, 0.1) is 22.7 Å². The quantitative estimate of drug-likeness (QED) is 0.841. The molecule has 2 N–H and O–H groups in total. The van der Waals surface area contributed by atoms with Crippen molar-refractivity contribution in [2.24, 2.45) is 0 Å². The van der Waals surface area contributed by atoms with Crippen molar-refractivity contribution in [2.45, 2.75) is 25.9 Å². The fourth-order valence-electron chi connectivity index (χ4n) is 1.31. The summed E-state index contributed by atoms with van der Waals surface area (Å²) < 4.78 is 7.06. The molecule has 0 aliphatic carbocycles. The Morgan fingerprint density at radius 2 is 1.82 bits per heavy atom. The van der Waals surface area contributed by atoms with E-state index in [1.807, 2.05) is 26.0 Å². The average Bonchev–Trinajstić information content (AvgIpc) is 2.26. The number of benzene rings is 1. The van der Waals surface area contributed by atoms with Crippen LogP contribution in [-0.4, -0.2) is 24.4 Å². The van der Waals surface area contributed by atoms with Crippen LogP contribution < -0.4 is 10.1 Å². The van der Waals surface area contributed by atoms with E-state index in [0.29, 0.717) is 6.54 Å². The first-order valence-electron chi connectivity index (χ1n) is 5.27. The van der Waals surface area contributed by atoms with Crippen molar-refractivity contribution in [1.29, 1.82) is 0 Å². The number of halogens is 2. The van der Waals surface area contributed by atoms with Gasteiger partial charge in [-0.3, -0.25) is 0 Å². The Hall–Kier alpha value is -0.100. The van der Waals surface area contributed by atoms with Gasteiger partial charge in [-0.15, -0.1) is 0 Å². The molecule has 17 heavy (non-hydrogen) atoms. The number of aliphatic hydroxyl groups is 1. The van der Waals surface area contributed by atoms with Gasteiger partial charge in [-0.05, 0) is 63.4 Å². The second-order valence-electron chi connectivity index (χ2n) is 4.49. The molecule has 0 fully saturated rings. The third-order valence-corrected chi connectivity index (χ3v) is 3.61. The van der Waals surface area contributed by atoms with Crippen molar-refractivity contribution in [3.8, 4) is 5.75 Å². The molecule has 0 radical (unpaired) electrons. The predicted octanol–water partition coefficient (Wildman–Crippen LogP) is 3.08. The topological polar surface area (TPSA) is 41.5 Å². The number of rotatable bonds is 5. The van der Waals surface area contributed by atoms with Crippen LogP contribution in [-0.2, 0) is 6.54 Å². The molecule has 1 rings (SSSR count). The van der Waals surface area contributed by atoms with Crippen molar-refractivity contribution in [2.75, 3.05) is 13.7 Å². The lowest BCUT2D eigenvalue weighted by molar-refractivity contribution is 0.187. The number of hydrogen-bond donors (Lipinski definition) is 2. The molecule has 0 bridgehead atoms. The second-order valence-corrected chi connectivity index (χ2v) is 6.20. The Balaban J connectivity index is 2.80. The third kappa shape index (κ3) is 4.25. The zero-order valence-electron chi connectivity index (χ0n) is 10.2. The molecule has 1 aromatic rings. The van der Waals surface area contributed by atoms with Crippen LogP contribution in [0.3, 0.4) is 0 Å². The Labute approximate surface area is 119 Å². The van der Waals surface area contributed by atoms with Gasteiger partial charge in [0.25, 0.3) is 0 Å². The fourth-order valence-corrected chi connectivity index (χ4v) is 2.91. The van der Waals surface area contributed by atoms with Crippen LogP contribution in [0.4, 0.5) is 0 Å². The summed E-state index contributed by atoms with van der Waals surface area (Å²) in [6.45, 7) is 4.71. The summed E-state index contributed by atoms with van der Waals surface area (Å²) in [4.78, 5) is 0. The molecule has 96 valence electrons. The summed E-state index contributed by atoms with van der Waals surface area (Å²) in [5.41, 5.74) is 0.838. The number of methoxy groups -OCH3 is 1. The van der Waals surface area contributed by atoms with Crippen LogP contribution in [0.1, 0.15) is 19.4 Å². The zero-order valence-corrected chi connectivity index (χ0v) is 13.4. The lowest BCUT2D eigenvalue weighted by atomic mass is 10.1. The smallest absolute Gasteiger partial charge is 0.147 e. The highest BCUT2D eigenvalue weighted by Gasteiger charge is 2.15. The molecule has 0 heterocycles. The molecule has 0 saturated heterocycles. The minimum atomic E-state index is -0.279. The molecule has 1 aromatic carbocycles. The number of nitrogens with one attached hydrogen (secondary N) is 1. The van der Waals surface area contributed by atoms with E-state index < -0.39 is 0 Å². The van der Waals surface area contributed by atoms with E-state index in [2.05, 4.69) is 37.2 Å². The average molecular weight is 367 g/mol. The Kier molecular flexibility index (Phi) is 5.44. The molecular formula is C12H17Br2NO2. The van der Waals surface area contributed by atoms with Crippen LogP contribution in [0.25, 0.3) is 0 Å². The summed E-state index contributed by atoms with van der Waals surface area (Å²) >= 11 is 6.93. The van der Waals surface area contributed by atoms with Gasteiger partial charge in [-0.1, -0.05) is 0 Å². The van der Waals surface area contributed by atoms with Gasteiger partial charge in [0, 0.05) is 12.1 Å². The van der Waals surface area contributed by atoms with Crippen molar-refractivity contribution < 1.29 is 9.84 Å². The molecule has 5 heteroatoms. The minimum absolute atomic E-state index is 0.103. The lowest BCUT2D eigenvalue weighted by Gasteiger charge is -2.23. The lowest BCUT2D eigenvalue weighted by Crippen LogP contribution is -2.42. The van der Waals surface area contributed by atoms with E-state index in [-0.39, 0.29) is 12.1 Å². The Bertz CT molecular complexity index is 371. The van der Waals surface area contributed by atoms with E-state index in [4.69, 9.17) is 9.84 Å². The highest BCUT2D eigenvalue weighted by Crippen LogP contribution is 2.34. The standard InChI is InChI=1S/C12H17Br2NO2/c1-12(2,7-16)15-6-8-4-9(13)11(17-3)10(14)5-8/h4-5,15-16H,6-7H2,1-3H3. The van der Waals surface area contributed by atoms with Crippen molar-refractivity contribution in [1.82, 2.24) is 5.32 Å². The monoisotopic (exact) mass is 365 g/mol. The zero-order chi connectivity index (χ0) is 13.1. The molecule has 0 aromatic heterocycles. The molecule has 3 nitrogen and oxygen atoms in total. The number of aliphatic hydroxyl groups excluding tert-OH is 1. The summed E-state index contributed by atoms with van der Waals surface area (Å²) in [6, 6.07) is 4.01. The second kappa shape index (κ2) is 6.18. The summed E-state index contributed by atoms with van der Waals surface area (Å²) in [5.74, 6) is 0.787. The maximum absolute atomic E-state index is 9.16. The van der Waals surface area contributed by atoms with E-state index in [1.54, 1.807) is 7.11 Å². The maximum Gasteiger partial charge on any atom is 0.147 e. The maximum atomic E-state index is 9.16. The van der Waals surface area contributed by atoms with Gasteiger partial charge in [0.2, 0.25) is 0 Å². The summed E-state index contributed by atoms with van der Waals surface area (Å²) in [5, 5.41) is 12.4. The SMILES string of the molecule is COc1c(Br)cc(CNC(C)(C)CO)cc1Br. The Morgan fingerprint density at radius 3 is 2.24 bits per heavy atom. The number of hydrogen-bond acceptors (Lipinski definition) is 3. The largest absolute Gasteiger partial charge is 0.494 e. The van der Waals surface area contributed by atoms with Crippen LogP contribution in [0.2, 0.25) is 0 Å². The predicted molar refractivity (Wildman–Crippen MR) is 76.4 cm³/mol. The van der Waals surface area contributed by atoms with Gasteiger partial charge in [-0.25, -0.2) is 0 Å². The minimum Gasteiger partial charge on any atom is -0.494 e. The highest BCUT2D eigenvalue weighted by atomic mass is 79.9. The van der Waals surface area contributed by atoms with Gasteiger partial charge >= 0.3 is 0 Å². The fraction of sp³-hybridized carbons (Fsp3) is 0.500. The highest BCUT2D eigenvalue weighted by molar-refractivity contribution is 9.11. The van der Waals surface area contributed by atoms with Crippen molar-refractivity contribution in [3.63, 3.8) is 0 Å². The van der Waals surface area contributed by atoms with E-state index >= 15 is 0 Å². The van der Waals surface area contributed by atoms with Crippen molar-refractivity contribution >= 4 is 31.9 Å². The molecule has 0 aliphatic heterocycles. The molecular weight excluding hydrogens is 350 g/mol. The van der Waals surface area contributed by atoms with E-state index in [9.17, 15) is 0 Å². The van der Waals surface area contributed by atoms with E-state index in [0.717, 1.165) is 20.3 Å². The third-order valence-electron chi connectivity index (χ3n) is 2.43. The summed E-state index contributed by atoms with van der Waals surface area (Å²) in [7, 11) is 1.64. The van der Waals surface area contributed by atoms with Gasteiger partial charge in [0.15, 0.2) is 0 Å². The molecule has 0 saturated carbocycles. The van der Waals surface area contributed by atoms with Gasteiger partial charge in [-0.2, -0.15) is 0 Å². The summed E-state index contributed by atoms with van der Waals surface area (Å²) in [6.07, 6.45) is 0. The van der Waals surface area contributed by atoms with Crippen LogP contribution >= 0.6 is 31.9 Å². The molecule has 0 spiro atoms. The van der Waals surface area contributed by atoms with Crippen LogP contribution in [0, 0.1) is 0 Å². The molecule has 0 unspecified atom stereocenters.